The van der Waals surface area contributed by atoms with Crippen LogP contribution < -0.4 is 10.1 Å². The number of benzene rings is 2. The molecular weight excluding hydrogens is 460 g/mol. The van der Waals surface area contributed by atoms with Crippen molar-refractivity contribution >= 4 is 17.2 Å². The molecule has 9 heteroatoms. The van der Waals surface area contributed by atoms with E-state index >= 15 is 0 Å². The molecule has 0 fully saturated rings. The lowest BCUT2D eigenvalue weighted by Gasteiger charge is -2.19. The van der Waals surface area contributed by atoms with E-state index in [4.69, 9.17) is 4.74 Å². The van der Waals surface area contributed by atoms with Gasteiger partial charge in [0.05, 0.1) is 13.2 Å². The monoisotopic (exact) mass is 488 g/mol. The van der Waals surface area contributed by atoms with Gasteiger partial charge in [-0.25, -0.2) is 4.98 Å². The summed E-state index contributed by atoms with van der Waals surface area (Å²) >= 11 is 1.74. The van der Waals surface area contributed by atoms with Crippen molar-refractivity contribution in [3.05, 3.63) is 82.9 Å². The number of rotatable bonds is 7. The van der Waals surface area contributed by atoms with Crippen molar-refractivity contribution in [2.75, 3.05) is 20.2 Å². The Morgan fingerprint density at radius 1 is 1.11 bits per heavy atom. The van der Waals surface area contributed by atoms with Crippen LogP contribution in [0.3, 0.4) is 0 Å². The average Bonchev–Trinajstić information content (AvgIpc) is 3.48. The van der Waals surface area contributed by atoms with Crippen molar-refractivity contribution in [2.45, 2.75) is 32.5 Å². The molecule has 0 bridgehead atoms. The number of carbonyl (C=O) groups is 1. The Kier molecular flexibility index (Phi) is 6.87. The zero-order valence-electron chi connectivity index (χ0n) is 19.8. The Labute approximate surface area is 208 Å². The summed E-state index contributed by atoms with van der Waals surface area (Å²) < 4.78 is 7.38. The molecule has 8 nitrogen and oxygen atoms in total. The molecule has 180 valence electrons. The largest absolute Gasteiger partial charge is 0.497 e. The van der Waals surface area contributed by atoms with Gasteiger partial charge in [0.2, 0.25) is 0 Å². The zero-order chi connectivity index (χ0) is 24.2. The molecule has 0 spiro atoms. The summed E-state index contributed by atoms with van der Waals surface area (Å²) in [5.41, 5.74) is 1.71. The molecule has 4 aromatic rings. The molecule has 1 aliphatic rings. The first-order valence-corrected chi connectivity index (χ1v) is 12.5. The number of hydrogen-bond donors (Lipinski definition) is 1. The maximum atomic E-state index is 12.8. The summed E-state index contributed by atoms with van der Waals surface area (Å²) in [7, 11) is 1.59. The lowest BCUT2D eigenvalue weighted by atomic mass is 10.2. The van der Waals surface area contributed by atoms with Crippen LogP contribution in [0.25, 0.3) is 10.6 Å². The van der Waals surface area contributed by atoms with E-state index in [2.05, 4.69) is 42.1 Å². The zero-order valence-corrected chi connectivity index (χ0v) is 20.7. The second kappa shape index (κ2) is 10.4. The molecule has 2 aromatic heterocycles. The Morgan fingerprint density at radius 2 is 1.97 bits per heavy atom. The average molecular weight is 489 g/mol. The Morgan fingerprint density at radius 3 is 2.80 bits per heavy atom. The Hall–Kier alpha value is -3.56. The molecule has 1 amide bonds. The predicted molar refractivity (Wildman–Crippen MR) is 135 cm³/mol. The van der Waals surface area contributed by atoms with Crippen LogP contribution in [0.2, 0.25) is 0 Å². The quantitative estimate of drug-likeness (QED) is 0.424. The third-order valence-electron chi connectivity index (χ3n) is 6.17. The van der Waals surface area contributed by atoms with Crippen molar-refractivity contribution in [3.63, 3.8) is 0 Å². The van der Waals surface area contributed by atoms with Crippen LogP contribution in [-0.4, -0.2) is 50.8 Å². The standard InChI is InChI=1S/C26H28N6O2S/c1-18(28-25(33)20-9-6-10-21(15-20)34-2)24-30-29-23-11-12-31(13-14-32(23)24)17-22-16-27-26(35-22)19-7-4-3-5-8-19/h3-10,15-16,18H,11-14,17H2,1-2H3,(H,28,33)/t18-/m0/s1. The maximum absolute atomic E-state index is 12.8. The Balaban J connectivity index is 1.22. The number of amides is 1. The maximum Gasteiger partial charge on any atom is 0.251 e. The molecule has 1 N–H and O–H groups in total. The third kappa shape index (κ3) is 5.26. The summed E-state index contributed by atoms with van der Waals surface area (Å²) in [6, 6.07) is 17.1. The minimum Gasteiger partial charge on any atom is -0.497 e. The van der Waals surface area contributed by atoms with Crippen LogP contribution in [0, 0.1) is 0 Å². The van der Waals surface area contributed by atoms with E-state index in [-0.39, 0.29) is 11.9 Å². The van der Waals surface area contributed by atoms with Crippen LogP contribution in [0.5, 0.6) is 5.75 Å². The van der Waals surface area contributed by atoms with Gasteiger partial charge in [-0.2, -0.15) is 0 Å². The molecule has 5 rings (SSSR count). The van der Waals surface area contributed by atoms with Crippen molar-refractivity contribution in [2.24, 2.45) is 0 Å². The molecule has 2 aromatic carbocycles. The molecule has 0 unspecified atom stereocenters. The summed E-state index contributed by atoms with van der Waals surface area (Å²) in [5.74, 6) is 2.23. The van der Waals surface area contributed by atoms with Crippen molar-refractivity contribution in [3.8, 4) is 16.3 Å². The highest BCUT2D eigenvalue weighted by Gasteiger charge is 2.23. The second-order valence-corrected chi connectivity index (χ2v) is 9.69. The van der Waals surface area contributed by atoms with Gasteiger partial charge in [-0.15, -0.1) is 21.5 Å². The highest BCUT2D eigenvalue weighted by atomic mass is 32.1. The summed E-state index contributed by atoms with van der Waals surface area (Å²) in [4.78, 5) is 21.1. The van der Waals surface area contributed by atoms with Gasteiger partial charge >= 0.3 is 0 Å². The van der Waals surface area contributed by atoms with Gasteiger partial charge < -0.3 is 14.6 Å². The number of nitrogens with zero attached hydrogens (tertiary/aromatic N) is 5. The van der Waals surface area contributed by atoms with Crippen molar-refractivity contribution < 1.29 is 9.53 Å². The molecule has 3 heterocycles. The number of nitrogens with one attached hydrogen (secondary N) is 1. The number of methoxy groups -OCH3 is 1. The van der Waals surface area contributed by atoms with E-state index in [0.717, 1.165) is 54.8 Å². The smallest absolute Gasteiger partial charge is 0.251 e. The van der Waals surface area contributed by atoms with Gasteiger partial charge in [-0.1, -0.05) is 36.4 Å². The fraction of sp³-hybridized carbons (Fsp3) is 0.308. The number of ether oxygens (including phenoxy) is 1. The number of aromatic nitrogens is 4. The first-order chi connectivity index (χ1) is 17.1. The minimum atomic E-state index is -0.267. The normalized spacial score (nSPS) is 14.7. The lowest BCUT2D eigenvalue weighted by Crippen LogP contribution is -2.30. The van der Waals surface area contributed by atoms with Gasteiger partial charge in [-0.3, -0.25) is 9.69 Å². The highest BCUT2D eigenvalue weighted by molar-refractivity contribution is 7.15. The fourth-order valence-electron chi connectivity index (χ4n) is 4.29. The molecule has 0 saturated heterocycles. The molecule has 0 saturated carbocycles. The number of hydrogen-bond acceptors (Lipinski definition) is 7. The molecule has 35 heavy (non-hydrogen) atoms. The topological polar surface area (TPSA) is 85.2 Å². The lowest BCUT2D eigenvalue weighted by molar-refractivity contribution is 0.0937. The summed E-state index contributed by atoms with van der Waals surface area (Å²) in [6.45, 7) is 5.37. The number of carbonyl (C=O) groups excluding carboxylic acids is 1. The molecule has 1 atom stereocenters. The third-order valence-corrected chi connectivity index (χ3v) is 7.20. The predicted octanol–water partition coefficient (Wildman–Crippen LogP) is 3.96. The van der Waals surface area contributed by atoms with Gasteiger partial charge in [0.15, 0.2) is 5.82 Å². The molecular formula is C26H28N6O2S. The first-order valence-electron chi connectivity index (χ1n) is 11.7. The first kappa shape index (κ1) is 23.2. The van der Waals surface area contributed by atoms with E-state index in [9.17, 15) is 4.79 Å². The van der Waals surface area contributed by atoms with Crippen LogP contribution in [0.15, 0.2) is 60.8 Å². The Bertz CT molecular complexity index is 1300. The minimum absolute atomic E-state index is 0.164. The van der Waals surface area contributed by atoms with Crippen LogP contribution >= 0.6 is 11.3 Å². The van der Waals surface area contributed by atoms with E-state index in [0.29, 0.717) is 11.3 Å². The van der Waals surface area contributed by atoms with E-state index < -0.39 is 0 Å². The number of thiazole rings is 1. The second-order valence-electron chi connectivity index (χ2n) is 8.58. The molecule has 0 aliphatic carbocycles. The summed E-state index contributed by atoms with van der Waals surface area (Å²) in [5, 5.41) is 13.0. The summed E-state index contributed by atoms with van der Waals surface area (Å²) in [6.07, 6.45) is 2.80. The highest BCUT2D eigenvalue weighted by Crippen LogP contribution is 2.26. The van der Waals surface area contributed by atoms with Gasteiger partial charge in [0, 0.05) is 54.8 Å². The van der Waals surface area contributed by atoms with Crippen LogP contribution in [0.1, 0.15) is 39.8 Å². The van der Waals surface area contributed by atoms with Gasteiger partial charge in [-0.05, 0) is 25.1 Å². The van der Waals surface area contributed by atoms with Gasteiger partial charge in [0.1, 0.15) is 16.6 Å². The fourth-order valence-corrected chi connectivity index (χ4v) is 5.25. The van der Waals surface area contributed by atoms with E-state index in [1.165, 1.54) is 4.88 Å². The SMILES string of the molecule is COc1cccc(C(=O)N[C@@H](C)c2nnc3n2CCN(Cc2cnc(-c4ccccc4)s2)CC3)c1. The van der Waals surface area contributed by atoms with Crippen LogP contribution in [-0.2, 0) is 19.5 Å². The molecule has 0 radical (unpaired) electrons. The van der Waals surface area contributed by atoms with Gasteiger partial charge in [0.25, 0.3) is 5.91 Å². The van der Waals surface area contributed by atoms with E-state index in [1.807, 2.05) is 43.5 Å². The van der Waals surface area contributed by atoms with E-state index in [1.54, 1.807) is 30.6 Å². The van der Waals surface area contributed by atoms with Crippen molar-refractivity contribution in [1.82, 2.24) is 30.0 Å². The number of fused-ring (bicyclic) bond motifs is 1. The van der Waals surface area contributed by atoms with Crippen LogP contribution in [0.4, 0.5) is 0 Å². The van der Waals surface area contributed by atoms with Crippen molar-refractivity contribution in [1.29, 1.82) is 0 Å². The molecule has 1 aliphatic heterocycles.